The van der Waals surface area contributed by atoms with E-state index in [2.05, 4.69) is 6.58 Å². The first-order valence-electron chi connectivity index (χ1n) is 3.01. The average Bonchev–Trinajstić information content (AvgIpc) is 1.64. The molecular formula is C7H14N2. The van der Waals surface area contributed by atoms with Gasteiger partial charge in [-0.1, -0.05) is 12.2 Å². The number of hydrogen-bond acceptors (Lipinski definition) is 2. The molecule has 0 rings (SSSR count). The highest BCUT2D eigenvalue weighted by molar-refractivity contribution is 5.62. The Morgan fingerprint density at radius 1 is 1.78 bits per heavy atom. The van der Waals surface area contributed by atoms with Crippen molar-refractivity contribution in [2.75, 3.05) is 0 Å². The maximum Gasteiger partial charge on any atom is 0.0288 e. The molecule has 0 aliphatic heterocycles. The molecule has 52 valence electrons. The predicted octanol–water partition coefficient (Wildman–Crippen LogP) is 1.18. The molecule has 2 atom stereocenters. The Morgan fingerprint density at radius 3 is 2.22 bits per heavy atom. The van der Waals surface area contributed by atoms with Gasteiger partial charge >= 0.3 is 0 Å². The molecular weight excluding hydrogens is 112 g/mol. The molecule has 0 aliphatic carbocycles. The molecule has 9 heavy (non-hydrogen) atoms. The van der Waals surface area contributed by atoms with E-state index < -0.39 is 0 Å². The third kappa shape index (κ3) is 2.42. The summed E-state index contributed by atoms with van der Waals surface area (Å²) in [6.07, 6.45) is 1.34. The van der Waals surface area contributed by atoms with E-state index in [9.17, 15) is 0 Å². The molecule has 0 saturated heterocycles. The predicted molar refractivity (Wildman–Crippen MR) is 40.7 cm³/mol. The smallest absolute Gasteiger partial charge is 0.0288 e. The lowest BCUT2D eigenvalue weighted by Gasteiger charge is -2.14. The van der Waals surface area contributed by atoms with Crippen molar-refractivity contribution in [2.24, 2.45) is 11.7 Å². The number of nitrogens with two attached hydrogens (primary N) is 1. The van der Waals surface area contributed by atoms with Crippen molar-refractivity contribution in [3.8, 4) is 0 Å². The van der Waals surface area contributed by atoms with Crippen molar-refractivity contribution in [1.82, 2.24) is 0 Å². The fraction of sp³-hybridized carbons (Fsp3) is 0.571. The summed E-state index contributed by atoms with van der Waals surface area (Å²) in [6, 6.07) is 0.0139. The van der Waals surface area contributed by atoms with E-state index >= 15 is 0 Å². The number of rotatable bonds is 3. The fourth-order valence-electron chi connectivity index (χ4n) is 0.743. The van der Waals surface area contributed by atoms with Crippen LogP contribution in [0.4, 0.5) is 0 Å². The van der Waals surface area contributed by atoms with E-state index in [-0.39, 0.29) is 12.0 Å². The molecule has 0 aromatic heterocycles. The van der Waals surface area contributed by atoms with Gasteiger partial charge in [-0.2, -0.15) is 0 Å². The first kappa shape index (κ1) is 8.37. The zero-order valence-corrected chi connectivity index (χ0v) is 6.02. The first-order chi connectivity index (χ1) is 4.09. The zero-order valence-electron chi connectivity index (χ0n) is 6.02. The standard InChI is InChI=1S/C7H14N2/c1-5(2)7(4-8)6(3)9/h4,6-8H,1,9H2,2-3H3. The van der Waals surface area contributed by atoms with Crippen molar-refractivity contribution in [1.29, 1.82) is 5.41 Å². The summed E-state index contributed by atoms with van der Waals surface area (Å²) in [5.74, 6) is 0.0463. The second-order valence-corrected chi connectivity index (χ2v) is 2.40. The van der Waals surface area contributed by atoms with Crippen LogP contribution in [0.2, 0.25) is 0 Å². The van der Waals surface area contributed by atoms with Crippen molar-refractivity contribution < 1.29 is 0 Å². The number of nitrogens with one attached hydrogen (secondary N) is 1. The lowest BCUT2D eigenvalue weighted by Crippen LogP contribution is -2.27. The van der Waals surface area contributed by atoms with Crippen LogP contribution in [-0.2, 0) is 0 Å². The highest BCUT2D eigenvalue weighted by Crippen LogP contribution is 2.07. The Balaban J connectivity index is 3.98. The van der Waals surface area contributed by atoms with Gasteiger partial charge in [0, 0.05) is 18.2 Å². The highest BCUT2D eigenvalue weighted by Gasteiger charge is 2.09. The monoisotopic (exact) mass is 126 g/mol. The zero-order chi connectivity index (χ0) is 7.44. The van der Waals surface area contributed by atoms with Crippen LogP contribution in [0, 0.1) is 11.3 Å². The Hall–Kier alpha value is -0.630. The van der Waals surface area contributed by atoms with Crippen LogP contribution in [0.15, 0.2) is 12.2 Å². The second-order valence-electron chi connectivity index (χ2n) is 2.40. The largest absolute Gasteiger partial charge is 0.327 e. The maximum absolute atomic E-state index is 6.95. The SMILES string of the molecule is C=C(C)C(C=N)C(C)N. The van der Waals surface area contributed by atoms with Gasteiger partial charge in [0.2, 0.25) is 0 Å². The molecule has 2 unspecified atom stereocenters. The topological polar surface area (TPSA) is 49.9 Å². The van der Waals surface area contributed by atoms with E-state index in [1.807, 2.05) is 13.8 Å². The molecule has 2 nitrogen and oxygen atoms in total. The Labute approximate surface area is 56.3 Å². The fourth-order valence-corrected chi connectivity index (χ4v) is 0.743. The van der Waals surface area contributed by atoms with E-state index in [0.29, 0.717) is 0 Å². The van der Waals surface area contributed by atoms with Crippen LogP contribution in [0.5, 0.6) is 0 Å². The minimum Gasteiger partial charge on any atom is -0.327 e. The van der Waals surface area contributed by atoms with Gasteiger partial charge < -0.3 is 11.1 Å². The third-order valence-corrected chi connectivity index (χ3v) is 1.32. The quantitative estimate of drug-likeness (QED) is 0.433. The van der Waals surface area contributed by atoms with Crippen molar-refractivity contribution >= 4 is 6.21 Å². The van der Waals surface area contributed by atoms with Crippen molar-refractivity contribution in [3.05, 3.63) is 12.2 Å². The highest BCUT2D eigenvalue weighted by atomic mass is 14.6. The minimum absolute atomic E-state index is 0.0139. The summed E-state index contributed by atoms with van der Waals surface area (Å²) < 4.78 is 0. The van der Waals surface area contributed by atoms with Gasteiger partial charge in [-0.05, 0) is 13.8 Å². The van der Waals surface area contributed by atoms with Crippen molar-refractivity contribution in [3.63, 3.8) is 0 Å². The molecule has 0 spiro atoms. The van der Waals surface area contributed by atoms with Gasteiger partial charge in [0.15, 0.2) is 0 Å². The molecule has 0 saturated carbocycles. The Morgan fingerprint density at radius 2 is 2.22 bits per heavy atom. The average molecular weight is 126 g/mol. The molecule has 0 aliphatic rings. The summed E-state index contributed by atoms with van der Waals surface area (Å²) in [6.45, 7) is 7.48. The second kappa shape index (κ2) is 3.41. The molecule has 0 bridgehead atoms. The van der Waals surface area contributed by atoms with Gasteiger partial charge in [0.1, 0.15) is 0 Å². The van der Waals surface area contributed by atoms with Gasteiger partial charge in [-0.25, -0.2) is 0 Å². The van der Waals surface area contributed by atoms with Gasteiger partial charge in [0.05, 0.1) is 0 Å². The normalized spacial score (nSPS) is 16.3. The van der Waals surface area contributed by atoms with Gasteiger partial charge in [0.25, 0.3) is 0 Å². The van der Waals surface area contributed by atoms with Gasteiger partial charge in [-0.3, -0.25) is 0 Å². The molecule has 0 amide bonds. The summed E-state index contributed by atoms with van der Waals surface area (Å²) in [5.41, 5.74) is 6.49. The molecule has 3 N–H and O–H groups in total. The maximum atomic E-state index is 6.95. The lowest BCUT2D eigenvalue weighted by atomic mass is 9.97. The molecule has 0 fully saturated rings. The molecule has 0 aromatic rings. The molecule has 0 heterocycles. The summed E-state index contributed by atoms with van der Waals surface area (Å²) >= 11 is 0. The van der Waals surface area contributed by atoms with Crippen LogP contribution in [-0.4, -0.2) is 12.3 Å². The van der Waals surface area contributed by atoms with Crippen molar-refractivity contribution in [2.45, 2.75) is 19.9 Å². The van der Waals surface area contributed by atoms with Crippen LogP contribution >= 0.6 is 0 Å². The molecule has 0 aromatic carbocycles. The Bertz CT molecular complexity index is 116. The Kier molecular flexibility index (Phi) is 3.17. The van der Waals surface area contributed by atoms with Crippen LogP contribution in [0.1, 0.15) is 13.8 Å². The lowest BCUT2D eigenvalue weighted by molar-refractivity contribution is 0.644. The van der Waals surface area contributed by atoms with E-state index in [1.165, 1.54) is 6.21 Å². The summed E-state index contributed by atoms with van der Waals surface area (Å²) in [4.78, 5) is 0. The third-order valence-electron chi connectivity index (χ3n) is 1.32. The van der Waals surface area contributed by atoms with Crippen LogP contribution in [0.25, 0.3) is 0 Å². The van der Waals surface area contributed by atoms with E-state index in [1.54, 1.807) is 0 Å². The first-order valence-corrected chi connectivity index (χ1v) is 3.01. The number of hydrogen-bond donors (Lipinski definition) is 2. The van der Waals surface area contributed by atoms with Crippen LogP contribution < -0.4 is 5.73 Å². The van der Waals surface area contributed by atoms with Crippen LogP contribution in [0.3, 0.4) is 0 Å². The summed E-state index contributed by atoms with van der Waals surface area (Å²) in [5, 5.41) is 6.95. The minimum atomic E-state index is 0.0139. The van der Waals surface area contributed by atoms with Gasteiger partial charge in [-0.15, -0.1) is 0 Å². The van der Waals surface area contributed by atoms with E-state index in [0.717, 1.165) is 5.57 Å². The molecule has 0 radical (unpaired) electrons. The summed E-state index contributed by atoms with van der Waals surface area (Å²) in [7, 11) is 0. The molecule has 2 heteroatoms. The van der Waals surface area contributed by atoms with E-state index in [4.69, 9.17) is 11.1 Å².